The highest BCUT2D eigenvalue weighted by Gasteiger charge is 2.24. The van der Waals surface area contributed by atoms with Crippen molar-refractivity contribution in [2.45, 2.75) is 39.0 Å². The van der Waals surface area contributed by atoms with Crippen molar-refractivity contribution in [2.24, 2.45) is 0 Å². The monoisotopic (exact) mass is 483 g/mol. The lowest BCUT2D eigenvalue weighted by atomic mass is 10.1. The summed E-state index contributed by atoms with van der Waals surface area (Å²) in [5.41, 5.74) is 2.79. The number of thiocarbonyl (C=S) groups is 1. The number of fused-ring (bicyclic) bond motifs is 1. The summed E-state index contributed by atoms with van der Waals surface area (Å²) in [6, 6.07) is 10.7. The zero-order valence-electron chi connectivity index (χ0n) is 18.3. The molecule has 172 valence electrons. The SMILES string of the molecule is CCCCc1ccc2nc(NC(=S)NC(=O)c3ccc(N4CCCC4)c([N+](=O)[O-])c3)sc2c1. The van der Waals surface area contributed by atoms with E-state index in [1.54, 1.807) is 12.1 Å². The number of aryl methyl sites for hydroxylation is 1. The van der Waals surface area contributed by atoms with E-state index >= 15 is 0 Å². The van der Waals surface area contributed by atoms with E-state index in [4.69, 9.17) is 12.2 Å². The first kappa shape index (κ1) is 23.1. The average molecular weight is 484 g/mol. The number of hydrogen-bond acceptors (Lipinski definition) is 7. The maximum atomic E-state index is 12.7. The number of nitro groups is 1. The van der Waals surface area contributed by atoms with Crippen LogP contribution in [0.15, 0.2) is 36.4 Å². The first-order chi connectivity index (χ1) is 15.9. The fraction of sp³-hybridized carbons (Fsp3) is 0.348. The van der Waals surface area contributed by atoms with Crippen LogP contribution in [0.1, 0.15) is 48.5 Å². The molecular formula is C23H25N5O3S2. The zero-order valence-corrected chi connectivity index (χ0v) is 19.9. The predicted octanol–water partition coefficient (Wildman–Crippen LogP) is 5.27. The summed E-state index contributed by atoms with van der Waals surface area (Å²) >= 11 is 6.74. The number of hydrogen-bond donors (Lipinski definition) is 2. The third kappa shape index (κ3) is 5.45. The van der Waals surface area contributed by atoms with E-state index in [-0.39, 0.29) is 16.4 Å². The van der Waals surface area contributed by atoms with E-state index in [1.807, 2.05) is 11.0 Å². The molecule has 1 fully saturated rings. The van der Waals surface area contributed by atoms with Gasteiger partial charge in [-0.25, -0.2) is 4.98 Å². The molecule has 1 amide bonds. The van der Waals surface area contributed by atoms with E-state index in [1.165, 1.54) is 23.0 Å². The Morgan fingerprint density at radius 2 is 2.03 bits per heavy atom. The molecular weight excluding hydrogens is 458 g/mol. The van der Waals surface area contributed by atoms with Gasteiger partial charge in [-0.3, -0.25) is 20.2 Å². The molecule has 1 aliphatic rings. The maximum absolute atomic E-state index is 12.7. The first-order valence-corrected chi connectivity index (χ1v) is 12.2. The lowest BCUT2D eigenvalue weighted by molar-refractivity contribution is -0.384. The van der Waals surface area contributed by atoms with Crippen LogP contribution in [-0.2, 0) is 6.42 Å². The van der Waals surface area contributed by atoms with Gasteiger partial charge in [-0.15, -0.1) is 0 Å². The summed E-state index contributed by atoms with van der Waals surface area (Å²) in [6.07, 6.45) is 5.33. The molecule has 1 saturated heterocycles. The van der Waals surface area contributed by atoms with Crippen molar-refractivity contribution in [2.75, 3.05) is 23.3 Å². The van der Waals surface area contributed by atoms with Gasteiger partial charge in [-0.1, -0.05) is 30.7 Å². The van der Waals surface area contributed by atoms with Crippen LogP contribution in [0.25, 0.3) is 10.2 Å². The average Bonchev–Trinajstić information content (AvgIpc) is 3.46. The van der Waals surface area contributed by atoms with Crippen LogP contribution in [-0.4, -0.2) is 34.0 Å². The summed E-state index contributed by atoms with van der Waals surface area (Å²) in [4.78, 5) is 30.3. The van der Waals surface area contributed by atoms with Gasteiger partial charge in [-0.2, -0.15) is 0 Å². The van der Waals surface area contributed by atoms with Gasteiger partial charge in [-0.05, 0) is 67.7 Å². The summed E-state index contributed by atoms with van der Waals surface area (Å²) in [6.45, 7) is 3.73. The molecule has 3 aromatic rings. The topological polar surface area (TPSA) is 100 Å². The number of nitro benzene ring substituents is 1. The number of nitrogens with zero attached hydrogens (tertiary/aromatic N) is 3. The second kappa shape index (κ2) is 10.2. The number of anilines is 2. The Morgan fingerprint density at radius 1 is 1.24 bits per heavy atom. The number of carbonyl (C=O) groups is 1. The molecule has 2 aromatic carbocycles. The van der Waals surface area contributed by atoms with E-state index in [0.717, 1.165) is 55.4 Å². The first-order valence-electron chi connectivity index (χ1n) is 11.0. The highest BCUT2D eigenvalue weighted by atomic mass is 32.1. The standard InChI is InChI=1S/C23H25N5O3S2/c1-2-3-6-15-7-9-17-20(13-15)33-23(24-17)26-22(32)25-21(29)16-8-10-18(19(14-16)28(30)31)27-11-4-5-12-27/h7-10,13-14H,2-6,11-12H2,1H3,(H2,24,25,26,29,32). The van der Waals surface area contributed by atoms with Crippen molar-refractivity contribution < 1.29 is 9.72 Å². The molecule has 1 aromatic heterocycles. The number of unbranched alkanes of at least 4 members (excludes halogenated alkanes) is 1. The molecule has 10 heteroatoms. The van der Waals surface area contributed by atoms with Crippen molar-refractivity contribution in [3.8, 4) is 0 Å². The number of rotatable bonds is 7. The summed E-state index contributed by atoms with van der Waals surface area (Å²) in [5, 5.41) is 17.8. The van der Waals surface area contributed by atoms with Crippen molar-refractivity contribution >= 4 is 61.3 Å². The fourth-order valence-corrected chi connectivity index (χ4v) is 5.09. The zero-order chi connectivity index (χ0) is 23.4. The Kier molecular flexibility index (Phi) is 7.14. The molecule has 0 spiro atoms. The van der Waals surface area contributed by atoms with Crippen LogP contribution in [0.2, 0.25) is 0 Å². The molecule has 2 N–H and O–H groups in total. The van der Waals surface area contributed by atoms with Crippen molar-refractivity contribution in [3.05, 3.63) is 57.6 Å². The van der Waals surface area contributed by atoms with Crippen LogP contribution in [0.4, 0.5) is 16.5 Å². The summed E-state index contributed by atoms with van der Waals surface area (Å²) in [5.74, 6) is -0.508. The van der Waals surface area contributed by atoms with Crippen LogP contribution in [0.3, 0.4) is 0 Å². The molecule has 0 atom stereocenters. The molecule has 0 radical (unpaired) electrons. The van der Waals surface area contributed by atoms with Crippen LogP contribution in [0.5, 0.6) is 0 Å². The largest absolute Gasteiger partial charge is 0.366 e. The highest BCUT2D eigenvalue weighted by Crippen LogP contribution is 2.32. The van der Waals surface area contributed by atoms with Crippen LogP contribution >= 0.6 is 23.6 Å². The Bertz CT molecular complexity index is 1200. The number of carbonyl (C=O) groups excluding carboxylic acids is 1. The van der Waals surface area contributed by atoms with Gasteiger partial charge in [0, 0.05) is 24.7 Å². The van der Waals surface area contributed by atoms with E-state index in [2.05, 4.69) is 34.7 Å². The van der Waals surface area contributed by atoms with Gasteiger partial charge in [0.2, 0.25) is 0 Å². The van der Waals surface area contributed by atoms with Crippen molar-refractivity contribution in [1.82, 2.24) is 10.3 Å². The molecule has 0 saturated carbocycles. The predicted molar refractivity (Wildman–Crippen MR) is 136 cm³/mol. The Labute approximate surface area is 201 Å². The minimum Gasteiger partial charge on any atom is -0.366 e. The lowest BCUT2D eigenvalue weighted by Gasteiger charge is -2.17. The van der Waals surface area contributed by atoms with Gasteiger partial charge in [0.25, 0.3) is 11.6 Å². The van der Waals surface area contributed by atoms with Gasteiger partial charge in [0.15, 0.2) is 10.2 Å². The molecule has 0 bridgehead atoms. The molecule has 8 nitrogen and oxygen atoms in total. The van der Waals surface area contributed by atoms with Crippen LogP contribution in [0, 0.1) is 10.1 Å². The molecule has 1 aliphatic heterocycles. The van der Waals surface area contributed by atoms with Gasteiger partial charge >= 0.3 is 0 Å². The number of nitrogens with one attached hydrogen (secondary N) is 2. The normalized spacial score (nSPS) is 13.3. The summed E-state index contributed by atoms with van der Waals surface area (Å²) in [7, 11) is 0. The van der Waals surface area contributed by atoms with E-state index in [9.17, 15) is 14.9 Å². The number of thiazole rings is 1. The molecule has 0 unspecified atom stereocenters. The minimum atomic E-state index is -0.508. The van der Waals surface area contributed by atoms with E-state index in [0.29, 0.717) is 10.8 Å². The van der Waals surface area contributed by atoms with Gasteiger partial charge in [0.05, 0.1) is 15.1 Å². The summed E-state index contributed by atoms with van der Waals surface area (Å²) < 4.78 is 1.05. The molecule has 33 heavy (non-hydrogen) atoms. The maximum Gasteiger partial charge on any atom is 0.293 e. The van der Waals surface area contributed by atoms with Crippen LogP contribution < -0.4 is 15.5 Å². The number of aromatic nitrogens is 1. The highest BCUT2D eigenvalue weighted by molar-refractivity contribution is 7.80. The number of benzene rings is 2. The van der Waals surface area contributed by atoms with Gasteiger partial charge in [0.1, 0.15) is 5.69 Å². The smallest absolute Gasteiger partial charge is 0.293 e. The quantitative estimate of drug-likeness (QED) is 0.268. The van der Waals surface area contributed by atoms with Gasteiger partial charge < -0.3 is 10.2 Å². The molecule has 0 aliphatic carbocycles. The minimum absolute atomic E-state index is 0.0755. The fourth-order valence-electron chi connectivity index (χ4n) is 3.90. The Morgan fingerprint density at radius 3 is 2.76 bits per heavy atom. The molecule has 4 rings (SSSR count). The Balaban J connectivity index is 1.43. The third-order valence-electron chi connectivity index (χ3n) is 5.60. The second-order valence-electron chi connectivity index (χ2n) is 7.99. The van der Waals surface area contributed by atoms with E-state index < -0.39 is 10.8 Å². The second-order valence-corrected chi connectivity index (χ2v) is 9.43. The number of amides is 1. The van der Waals surface area contributed by atoms with Crippen molar-refractivity contribution in [1.29, 1.82) is 0 Å². The lowest BCUT2D eigenvalue weighted by Crippen LogP contribution is -2.34. The molecule has 2 heterocycles. The van der Waals surface area contributed by atoms with Crippen molar-refractivity contribution in [3.63, 3.8) is 0 Å². The Hall–Kier alpha value is -3.11. The third-order valence-corrected chi connectivity index (χ3v) is 6.74.